The molecule has 63 heavy (non-hydrogen) atoms. The Bertz CT molecular complexity index is 2900. The molecule has 0 spiro atoms. The predicted octanol–water partition coefficient (Wildman–Crippen LogP) is 5.74. The number of anilines is 1. The SMILES string of the molecule is O=S(=O)(O)CCCOc1cc(N=Nc2ccccc2)ccc1Cc1nc(Cc2ccc(N=Nc3cccc(S(=O)(=O)O)c3)cc2OCCCS(=O)(=O)O)nc(NCCS(=O)(=O)O)n1. The van der Waals surface area contributed by atoms with E-state index in [1.165, 1.54) is 30.3 Å². The van der Waals surface area contributed by atoms with Gasteiger partial charge in [0.2, 0.25) is 5.95 Å². The van der Waals surface area contributed by atoms with E-state index in [0.717, 1.165) is 6.07 Å². The topological polar surface area (TPSA) is 336 Å². The first-order chi connectivity index (χ1) is 29.7. The van der Waals surface area contributed by atoms with Gasteiger partial charge in [-0.15, -0.1) is 0 Å². The van der Waals surface area contributed by atoms with Crippen LogP contribution >= 0.6 is 0 Å². The Hall–Kier alpha value is -5.87. The van der Waals surface area contributed by atoms with E-state index in [2.05, 4.69) is 40.7 Å². The van der Waals surface area contributed by atoms with Gasteiger partial charge in [-0.25, -0.2) is 4.98 Å². The number of azo groups is 2. The fourth-order valence-corrected chi connectivity index (χ4v) is 7.23. The molecule has 5 aromatic rings. The fraction of sp³-hybridized carbons (Fsp3) is 0.270. The van der Waals surface area contributed by atoms with Crippen molar-refractivity contribution in [2.75, 3.05) is 42.3 Å². The van der Waals surface area contributed by atoms with Crippen molar-refractivity contribution in [3.8, 4) is 11.5 Å². The molecule has 5 rings (SSSR count). The summed E-state index contributed by atoms with van der Waals surface area (Å²) in [6.45, 7) is -0.584. The molecule has 0 atom stereocenters. The van der Waals surface area contributed by atoms with Gasteiger partial charge < -0.3 is 14.8 Å². The quantitative estimate of drug-likeness (QED) is 0.0296. The summed E-state index contributed by atoms with van der Waals surface area (Å²) < 4.78 is 140. The molecule has 0 saturated heterocycles. The zero-order valence-corrected chi connectivity index (χ0v) is 36.1. The Balaban J connectivity index is 1.48. The number of hydrogen-bond donors (Lipinski definition) is 5. The van der Waals surface area contributed by atoms with Gasteiger partial charge in [-0.1, -0.05) is 36.4 Å². The monoisotopic (exact) mass is 948 g/mol. The van der Waals surface area contributed by atoms with Crippen molar-refractivity contribution >= 4 is 69.2 Å². The van der Waals surface area contributed by atoms with Gasteiger partial charge in [-0.2, -0.15) is 64.1 Å². The molecule has 0 fully saturated rings. The van der Waals surface area contributed by atoms with Crippen LogP contribution in [0.25, 0.3) is 0 Å². The van der Waals surface area contributed by atoms with Gasteiger partial charge in [0, 0.05) is 42.6 Å². The molecule has 1 heterocycles. The molecule has 336 valence electrons. The van der Waals surface area contributed by atoms with Crippen molar-refractivity contribution < 1.29 is 61.4 Å². The smallest absolute Gasteiger partial charge is 0.294 e. The van der Waals surface area contributed by atoms with Crippen molar-refractivity contribution in [3.05, 3.63) is 114 Å². The molecule has 5 N–H and O–H groups in total. The Kier molecular flexibility index (Phi) is 16.4. The van der Waals surface area contributed by atoms with Crippen LogP contribution in [0.2, 0.25) is 0 Å². The summed E-state index contributed by atoms with van der Waals surface area (Å²) in [5.74, 6) is -1.21. The maximum atomic E-state index is 11.6. The summed E-state index contributed by atoms with van der Waals surface area (Å²) in [5, 5.41) is 19.4. The van der Waals surface area contributed by atoms with E-state index in [0.29, 0.717) is 22.5 Å². The molecule has 0 aliphatic carbocycles. The first kappa shape index (κ1) is 48.2. The molecule has 0 saturated carbocycles. The molecule has 1 aromatic heterocycles. The van der Waals surface area contributed by atoms with Crippen LogP contribution in [0.1, 0.15) is 35.6 Å². The number of nitrogens with one attached hydrogen (secondary N) is 1. The predicted molar refractivity (Wildman–Crippen MR) is 227 cm³/mol. The summed E-state index contributed by atoms with van der Waals surface area (Å²) >= 11 is 0. The lowest BCUT2D eigenvalue weighted by molar-refractivity contribution is 0.313. The molecule has 0 aliphatic heterocycles. The van der Waals surface area contributed by atoms with Gasteiger partial charge in [0.25, 0.3) is 40.5 Å². The largest absolute Gasteiger partial charge is 0.493 e. The van der Waals surface area contributed by atoms with Gasteiger partial charge in [-0.3, -0.25) is 18.2 Å². The minimum absolute atomic E-state index is 0.0245. The Morgan fingerprint density at radius 3 is 1.44 bits per heavy atom. The maximum absolute atomic E-state index is 11.6. The van der Waals surface area contributed by atoms with Crippen LogP contribution in [-0.4, -0.2) is 104 Å². The van der Waals surface area contributed by atoms with Crippen LogP contribution in [0.5, 0.6) is 11.5 Å². The molecule has 0 radical (unpaired) electrons. The van der Waals surface area contributed by atoms with Crippen LogP contribution in [0.3, 0.4) is 0 Å². The molecule has 0 bridgehead atoms. The zero-order chi connectivity index (χ0) is 45.7. The standard InChI is InChI=1S/C37H40N8O14S4/c46-60(47,48)18-5-16-58-33-24-30(44-42-28-7-2-1-3-8-28)13-11-26(33)21-35-39-36(41-37(40-35)38-15-20-62(52,53)54)22-27-12-14-31(25-34(27)59-17-6-19-61(49,50)51)45-43-29-9-4-10-32(23-29)63(55,56)57/h1-4,7-14,23-25H,5-6,15-22H2,(H,46,47,48)(H,49,50,51)(H,52,53,54)(H,55,56,57)(H,38,39,40,41). The van der Waals surface area contributed by atoms with Crippen LogP contribution < -0.4 is 14.8 Å². The Labute approximate surface area is 362 Å². The molecule has 4 aromatic carbocycles. The minimum atomic E-state index is -4.51. The van der Waals surface area contributed by atoms with Crippen LogP contribution in [-0.2, 0) is 53.3 Å². The summed E-state index contributed by atoms with van der Waals surface area (Å²) in [7, 11) is -17.4. The number of hydrogen-bond acceptors (Lipinski definition) is 18. The molecule has 26 heteroatoms. The summed E-state index contributed by atoms with van der Waals surface area (Å²) in [6, 6.07) is 23.4. The number of aromatic nitrogens is 3. The Morgan fingerprint density at radius 2 is 0.968 bits per heavy atom. The second-order valence-electron chi connectivity index (χ2n) is 13.3. The molecular weight excluding hydrogens is 909 g/mol. The van der Waals surface area contributed by atoms with Crippen LogP contribution in [0, 0.1) is 0 Å². The second kappa shape index (κ2) is 21.5. The van der Waals surface area contributed by atoms with Crippen LogP contribution in [0.15, 0.2) is 116 Å². The maximum Gasteiger partial charge on any atom is 0.294 e. The molecule has 0 amide bonds. The third-order valence-corrected chi connectivity index (χ3v) is 11.4. The van der Waals surface area contributed by atoms with Gasteiger partial charge in [-0.05, 0) is 55.3 Å². The van der Waals surface area contributed by atoms with Crippen molar-refractivity contribution in [1.29, 1.82) is 0 Å². The highest BCUT2D eigenvalue weighted by molar-refractivity contribution is 7.86. The first-order valence-corrected chi connectivity index (χ1v) is 24.7. The van der Waals surface area contributed by atoms with Gasteiger partial charge >= 0.3 is 0 Å². The van der Waals surface area contributed by atoms with Gasteiger partial charge in [0.1, 0.15) is 23.1 Å². The number of rotatable bonds is 23. The lowest BCUT2D eigenvalue weighted by atomic mass is 10.1. The third kappa shape index (κ3) is 17.4. The molecule has 22 nitrogen and oxygen atoms in total. The van der Waals surface area contributed by atoms with Crippen molar-refractivity contribution in [2.45, 2.75) is 30.6 Å². The highest BCUT2D eigenvalue weighted by Gasteiger charge is 2.17. The number of ether oxygens (including phenoxy) is 2. The molecular formula is C37H40N8O14S4. The minimum Gasteiger partial charge on any atom is -0.493 e. The van der Waals surface area contributed by atoms with E-state index in [1.807, 2.05) is 6.07 Å². The van der Waals surface area contributed by atoms with Crippen molar-refractivity contribution in [3.63, 3.8) is 0 Å². The summed E-state index contributed by atoms with van der Waals surface area (Å²) in [4.78, 5) is 13.1. The number of nitrogens with zero attached hydrogens (tertiary/aromatic N) is 7. The molecule has 0 aliphatic rings. The lowest BCUT2D eigenvalue weighted by Crippen LogP contribution is -2.18. The zero-order valence-electron chi connectivity index (χ0n) is 32.9. The van der Waals surface area contributed by atoms with E-state index in [-0.39, 0.29) is 85.9 Å². The molecule has 0 unspecified atom stereocenters. The van der Waals surface area contributed by atoms with Crippen molar-refractivity contribution in [1.82, 2.24) is 15.0 Å². The average molecular weight is 949 g/mol. The average Bonchev–Trinajstić information content (AvgIpc) is 3.20. The van der Waals surface area contributed by atoms with E-state index in [1.54, 1.807) is 48.5 Å². The summed E-state index contributed by atoms with van der Waals surface area (Å²) in [6.07, 6.45) is -0.241. The van der Waals surface area contributed by atoms with Gasteiger partial charge in [0.05, 0.1) is 58.1 Å². The fourth-order valence-electron chi connectivity index (χ4n) is 5.39. The van der Waals surface area contributed by atoms with Gasteiger partial charge in [0.15, 0.2) is 0 Å². The van der Waals surface area contributed by atoms with E-state index >= 15 is 0 Å². The van der Waals surface area contributed by atoms with E-state index in [4.69, 9.17) is 9.47 Å². The number of benzene rings is 4. The highest BCUT2D eigenvalue weighted by Crippen LogP contribution is 2.31. The third-order valence-electron chi connectivity index (χ3n) is 8.21. The second-order valence-corrected chi connectivity index (χ2v) is 19.5. The lowest BCUT2D eigenvalue weighted by Gasteiger charge is -2.14. The van der Waals surface area contributed by atoms with Crippen LogP contribution in [0.4, 0.5) is 28.7 Å². The Morgan fingerprint density at radius 1 is 0.508 bits per heavy atom. The highest BCUT2D eigenvalue weighted by atomic mass is 32.2. The normalized spacial score (nSPS) is 12.5. The van der Waals surface area contributed by atoms with E-state index < -0.39 is 62.6 Å². The first-order valence-electron chi connectivity index (χ1n) is 18.5. The van der Waals surface area contributed by atoms with Crippen molar-refractivity contribution in [2.24, 2.45) is 20.5 Å². The summed E-state index contributed by atoms with van der Waals surface area (Å²) in [5.41, 5.74) is 2.20. The van der Waals surface area contributed by atoms with E-state index in [9.17, 15) is 51.9 Å².